The minimum atomic E-state index is 0.540. The van der Waals surface area contributed by atoms with E-state index in [9.17, 15) is 0 Å². The van der Waals surface area contributed by atoms with Crippen molar-refractivity contribution < 1.29 is 0 Å². The highest BCUT2D eigenvalue weighted by Crippen LogP contribution is 2.32. The van der Waals surface area contributed by atoms with Crippen LogP contribution < -0.4 is 10.2 Å². The molecule has 1 rings (SSSR count). The maximum absolute atomic E-state index is 4.93. The molecular weight excluding hydrogens is 286 g/mol. The lowest BCUT2D eigenvalue weighted by Crippen LogP contribution is -2.29. The summed E-state index contributed by atoms with van der Waals surface area (Å²) in [5.74, 6) is 1.75. The molecule has 0 aliphatic rings. The number of anilines is 1. The van der Waals surface area contributed by atoms with Crippen molar-refractivity contribution in [1.29, 1.82) is 0 Å². The van der Waals surface area contributed by atoms with Crippen LogP contribution in [0.1, 0.15) is 50.1 Å². The molecule has 5 heteroatoms. The summed E-state index contributed by atoms with van der Waals surface area (Å²) in [4.78, 5) is 8.66. The molecule has 0 radical (unpaired) electrons. The van der Waals surface area contributed by atoms with Crippen LogP contribution in [-0.4, -0.2) is 37.1 Å². The van der Waals surface area contributed by atoms with Gasteiger partial charge in [-0.25, -0.2) is 4.98 Å². The van der Waals surface area contributed by atoms with Gasteiger partial charge in [0, 0.05) is 24.5 Å². The second-order valence-electron chi connectivity index (χ2n) is 5.39. The highest BCUT2D eigenvalue weighted by Gasteiger charge is 2.19. The molecule has 0 aliphatic carbocycles. The van der Waals surface area contributed by atoms with Gasteiger partial charge in [-0.05, 0) is 44.7 Å². The van der Waals surface area contributed by atoms with Crippen molar-refractivity contribution in [3.8, 4) is 0 Å². The molecule has 0 amide bonds. The first-order chi connectivity index (χ1) is 9.54. The number of hydrogen-bond acceptors (Lipinski definition) is 5. The predicted molar refractivity (Wildman–Crippen MR) is 94.4 cm³/mol. The van der Waals surface area contributed by atoms with Crippen molar-refractivity contribution in [2.75, 3.05) is 31.0 Å². The first kappa shape index (κ1) is 17.8. The third kappa shape index (κ3) is 4.64. The SMILES string of the molecule is CCC(C)c1nc(N(C)C(C)CCSC)sc1CNC. The molecule has 3 nitrogen and oxygen atoms in total. The maximum Gasteiger partial charge on any atom is 0.185 e. The number of aromatic nitrogens is 1. The summed E-state index contributed by atoms with van der Waals surface area (Å²) in [5.41, 5.74) is 1.28. The van der Waals surface area contributed by atoms with Gasteiger partial charge in [-0.2, -0.15) is 11.8 Å². The third-order valence-electron chi connectivity index (χ3n) is 3.84. The van der Waals surface area contributed by atoms with Crippen LogP contribution in [0.25, 0.3) is 0 Å². The van der Waals surface area contributed by atoms with Gasteiger partial charge in [-0.1, -0.05) is 13.8 Å². The third-order valence-corrected chi connectivity index (χ3v) is 5.64. The Kier molecular flexibility index (Phi) is 7.92. The van der Waals surface area contributed by atoms with Crippen LogP contribution in [0, 0.1) is 0 Å². The second kappa shape index (κ2) is 8.90. The second-order valence-corrected chi connectivity index (χ2v) is 7.43. The van der Waals surface area contributed by atoms with E-state index in [1.54, 1.807) is 0 Å². The lowest BCUT2D eigenvalue weighted by Gasteiger charge is -2.24. The Balaban J connectivity index is 2.89. The molecule has 0 aromatic carbocycles. The van der Waals surface area contributed by atoms with E-state index in [4.69, 9.17) is 4.98 Å². The van der Waals surface area contributed by atoms with Gasteiger partial charge in [0.2, 0.25) is 0 Å². The molecular formula is C15H29N3S2. The Morgan fingerprint density at radius 3 is 2.65 bits per heavy atom. The molecule has 1 aromatic heterocycles. The molecule has 0 saturated carbocycles. The Labute approximate surface area is 132 Å². The van der Waals surface area contributed by atoms with Gasteiger partial charge in [0.25, 0.3) is 0 Å². The van der Waals surface area contributed by atoms with Gasteiger partial charge in [0.15, 0.2) is 5.13 Å². The van der Waals surface area contributed by atoms with E-state index < -0.39 is 0 Å². The summed E-state index contributed by atoms with van der Waals surface area (Å²) < 4.78 is 0. The number of nitrogens with zero attached hydrogens (tertiary/aromatic N) is 2. The summed E-state index contributed by atoms with van der Waals surface area (Å²) in [6.45, 7) is 7.72. The quantitative estimate of drug-likeness (QED) is 0.747. The van der Waals surface area contributed by atoms with Crippen molar-refractivity contribution in [2.45, 2.75) is 52.1 Å². The number of nitrogens with one attached hydrogen (secondary N) is 1. The zero-order valence-corrected chi connectivity index (χ0v) is 15.3. The zero-order valence-electron chi connectivity index (χ0n) is 13.7. The molecule has 2 unspecified atom stereocenters. The molecule has 1 N–H and O–H groups in total. The Morgan fingerprint density at radius 1 is 1.40 bits per heavy atom. The first-order valence-corrected chi connectivity index (χ1v) is 9.62. The van der Waals surface area contributed by atoms with Crippen molar-refractivity contribution in [2.24, 2.45) is 0 Å². The number of thioether (sulfide) groups is 1. The largest absolute Gasteiger partial charge is 0.348 e. The average molecular weight is 316 g/mol. The topological polar surface area (TPSA) is 28.2 Å². The van der Waals surface area contributed by atoms with Gasteiger partial charge in [-0.3, -0.25) is 0 Å². The van der Waals surface area contributed by atoms with Gasteiger partial charge >= 0.3 is 0 Å². The van der Waals surface area contributed by atoms with Crippen LogP contribution in [0.4, 0.5) is 5.13 Å². The van der Waals surface area contributed by atoms with E-state index in [0.29, 0.717) is 12.0 Å². The van der Waals surface area contributed by atoms with Crippen LogP contribution >= 0.6 is 23.1 Å². The van der Waals surface area contributed by atoms with Gasteiger partial charge < -0.3 is 10.2 Å². The molecule has 2 atom stereocenters. The fourth-order valence-corrected chi connectivity index (χ4v) is 3.87. The Hall–Kier alpha value is -0.260. The highest BCUT2D eigenvalue weighted by atomic mass is 32.2. The molecule has 0 saturated heterocycles. The lowest BCUT2D eigenvalue weighted by atomic mass is 10.0. The maximum atomic E-state index is 4.93. The molecule has 0 fully saturated rings. The van der Waals surface area contributed by atoms with Gasteiger partial charge in [0.05, 0.1) is 5.69 Å². The van der Waals surface area contributed by atoms with E-state index >= 15 is 0 Å². The molecule has 20 heavy (non-hydrogen) atoms. The minimum Gasteiger partial charge on any atom is -0.348 e. The summed E-state index contributed by atoms with van der Waals surface area (Å²) >= 11 is 3.76. The van der Waals surface area contributed by atoms with Crippen molar-refractivity contribution >= 4 is 28.2 Å². The van der Waals surface area contributed by atoms with Crippen molar-refractivity contribution in [3.05, 3.63) is 10.6 Å². The van der Waals surface area contributed by atoms with Crippen LogP contribution in [0.15, 0.2) is 0 Å². The van der Waals surface area contributed by atoms with E-state index in [0.717, 1.165) is 13.0 Å². The normalized spacial score (nSPS) is 14.3. The summed E-state index contributed by atoms with van der Waals surface area (Å²) in [5, 5.41) is 4.43. The van der Waals surface area contributed by atoms with Crippen LogP contribution in [0.2, 0.25) is 0 Å². The van der Waals surface area contributed by atoms with E-state index in [-0.39, 0.29) is 0 Å². The summed E-state index contributed by atoms with van der Waals surface area (Å²) in [6, 6.07) is 0.542. The van der Waals surface area contributed by atoms with Crippen LogP contribution in [0.5, 0.6) is 0 Å². The smallest absolute Gasteiger partial charge is 0.185 e. The molecule has 0 aliphatic heterocycles. The van der Waals surface area contributed by atoms with Gasteiger partial charge in [-0.15, -0.1) is 11.3 Å². The monoisotopic (exact) mass is 315 g/mol. The van der Waals surface area contributed by atoms with Crippen LogP contribution in [-0.2, 0) is 6.54 Å². The van der Waals surface area contributed by atoms with E-state index in [2.05, 4.69) is 44.3 Å². The minimum absolute atomic E-state index is 0.540. The molecule has 1 aromatic rings. The zero-order chi connectivity index (χ0) is 15.1. The fraction of sp³-hybridized carbons (Fsp3) is 0.800. The standard InChI is InChI=1S/C15H29N3S2/c1-7-11(2)14-13(10-16-4)20-15(17-14)18(5)12(3)8-9-19-6/h11-12,16H,7-10H2,1-6H3. The summed E-state index contributed by atoms with van der Waals surface area (Å²) in [6.07, 6.45) is 4.52. The van der Waals surface area contributed by atoms with E-state index in [1.165, 1.54) is 27.9 Å². The van der Waals surface area contributed by atoms with Crippen molar-refractivity contribution in [3.63, 3.8) is 0 Å². The first-order valence-electron chi connectivity index (χ1n) is 7.41. The molecule has 0 bridgehead atoms. The lowest BCUT2D eigenvalue weighted by molar-refractivity contribution is 0.659. The Morgan fingerprint density at radius 2 is 2.10 bits per heavy atom. The molecule has 0 spiro atoms. The van der Waals surface area contributed by atoms with Crippen molar-refractivity contribution in [1.82, 2.24) is 10.3 Å². The molecule has 1 heterocycles. The Bertz CT molecular complexity index is 392. The predicted octanol–water partition coefficient (Wildman–Crippen LogP) is 3.95. The highest BCUT2D eigenvalue weighted by molar-refractivity contribution is 7.98. The fourth-order valence-electron chi connectivity index (χ4n) is 2.04. The molecule has 116 valence electrons. The number of thiazole rings is 1. The van der Waals surface area contributed by atoms with Crippen LogP contribution in [0.3, 0.4) is 0 Å². The van der Waals surface area contributed by atoms with Gasteiger partial charge in [0.1, 0.15) is 0 Å². The summed E-state index contributed by atoms with van der Waals surface area (Å²) in [7, 11) is 4.18. The average Bonchev–Trinajstić information content (AvgIpc) is 2.87. The number of rotatable bonds is 9. The number of hydrogen-bond donors (Lipinski definition) is 1. The van der Waals surface area contributed by atoms with E-state index in [1.807, 2.05) is 30.1 Å².